The fourth-order valence-electron chi connectivity index (χ4n) is 3.62. The third-order valence-electron chi connectivity index (χ3n) is 5.38. The standard InChI is InChI=1S/C18H30N4O6S3/c1-2-18(16(26)27,31-13(29)7-9(19)15(24)25)22-12(23)6-4-3-5-11-14-10(8-30-11)20-17(28)21-14/h9-11,13-14,29H,2-8,19H2,1H3,(H,22,23)(H,24,25)(H,26,27)(H2,20,21,28)/t9-,10-,11?,13?,14-,18?/m0/s1. The Hall–Kier alpha value is -1.31. The predicted molar refractivity (Wildman–Crippen MR) is 123 cm³/mol. The van der Waals surface area contributed by atoms with E-state index in [1.165, 1.54) is 0 Å². The maximum Gasteiger partial charge on any atom is 0.340 e. The molecule has 7 N–H and O–H groups in total. The number of hydrogen-bond acceptors (Lipinski definition) is 8. The summed E-state index contributed by atoms with van der Waals surface area (Å²) in [6.45, 7) is 1.64. The SMILES string of the molecule is CCC(NC(=O)CCCCC1SC[C@@H]2NC(=O)N[C@H]12)(SC(S)C[C@H](N)C(=O)O)C(=O)O. The van der Waals surface area contributed by atoms with E-state index in [1.807, 2.05) is 11.8 Å². The molecule has 2 aliphatic heterocycles. The Morgan fingerprint density at radius 3 is 2.68 bits per heavy atom. The molecule has 3 amide bonds. The predicted octanol–water partition coefficient (Wildman–Crippen LogP) is 0.810. The molecule has 0 aromatic rings. The highest BCUT2D eigenvalue weighted by molar-refractivity contribution is 8.11. The molecule has 6 atom stereocenters. The number of thioether (sulfide) groups is 2. The van der Waals surface area contributed by atoms with Gasteiger partial charge < -0.3 is 31.9 Å². The van der Waals surface area contributed by atoms with Crippen molar-refractivity contribution in [2.45, 2.75) is 78.3 Å². The van der Waals surface area contributed by atoms with E-state index in [0.717, 1.165) is 30.4 Å². The molecule has 0 saturated carbocycles. The van der Waals surface area contributed by atoms with Gasteiger partial charge in [-0.2, -0.15) is 24.4 Å². The van der Waals surface area contributed by atoms with Gasteiger partial charge in [0, 0.05) is 17.4 Å². The summed E-state index contributed by atoms with van der Waals surface area (Å²) in [5.74, 6) is -1.91. The molecule has 0 aliphatic carbocycles. The number of aliphatic carboxylic acids is 2. The average Bonchev–Trinajstić information content (AvgIpc) is 3.23. The topological polar surface area (TPSA) is 171 Å². The minimum Gasteiger partial charge on any atom is -0.480 e. The number of rotatable bonds is 13. The highest BCUT2D eigenvalue weighted by Gasteiger charge is 2.43. The van der Waals surface area contributed by atoms with Gasteiger partial charge in [-0.05, 0) is 25.7 Å². The molecule has 10 nitrogen and oxygen atoms in total. The van der Waals surface area contributed by atoms with Crippen LogP contribution < -0.4 is 21.7 Å². The molecular weight excluding hydrogens is 464 g/mol. The second-order valence-corrected chi connectivity index (χ2v) is 11.4. The Bertz CT molecular complexity index is 699. The van der Waals surface area contributed by atoms with Crippen LogP contribution in [-0.2, 0) is 14.4 Å². The Morgan fingerprint density at radius 1 is 1.35 bits per heavy atom. The molecule has 0 radical (unpaired) electrons. The summed E-state index contributed by atoms with van der Waals surface area (Å²) in [5.41, 5.74) is 5.50. The van der Waals surface area contributed by atoms with Crippen molar-refractivity contribution < 1.29 is 29.4 Å². The monoisotopic (exact) mass is 494 g/mol. The molecule has 2 aliphatic rings. The third-order valence-corrected chi connectivity index (χ3v) is 8.84. The van der Waals surface area contributed by atoms with Crippen LogP contribution in [-0.4, -0.2) is 72.7 Å². The Labute approximate surface area is 195 Å². The average molecular weight is 495 g/mol. The van der Waals surface area contributed by atoms with Gasteiger partial charge in [-0.1, -0.05) is 13.3 Å². The van der Waals surface area contributed by atoms with E-state index < -0.39 is 27.4 Å². The van der Waals surface area contributed by atoms with E-state index >= 15 is 0 Å². The third kappa shape index (κ3) is 7.09. The van der Waals surface area contributed by atoms with Crippen LogP contribution in [0, 0.1) is 0 Å². The Morgan fingerprint density at radius 2 is 2.06 bits per heavy atom. The lowest BCUT2D eigenvalue weighted by molar-refractivity contribution is -0.143. The number of nitrogens with one attached hydrogen (secondary N) is 3. The number of urea groups is 1. The van der Waals surface area contributed by atoms with Gasteiger partial charge in [0.05, 0.1) is 16.7 Å². The molecule has 0 aromatic heterocycles. The second kappa shape index (κ2) is 11.5. The van der Waals surface area contributed by atoms with Crippen molar-refractivity contribution in [3.63, 3.8) is 0 Å². The zero-order valence-electron chi connectivity index (χ0n) is 17.2. The minimum atomic E-state index is -1.60. The van der Waals surface area contributed by atoms with Gasteiger partial charge in [-0.3, -0.25) is 9.59 Å². The molecular formula is C18H30N4O6S3. The van der Waals surface area contributed by atoms with Crippen molar-refractivity contribution in [1.82, 2.24) is 16.0 Å². The van der Waals surface area contributed by atoms with Gasteiger partial charge in [0.25, 0.3) is 0 Å². The lowest BCUT2D eigenvalue weighted by atomic mass is 10.0. The summed E-state index contributed by atoms with van der Waals surface area (Å²) in [5, 5.41) is 27.4. The minimum absolute atomic E-state index is 0.0410. The number of hydrogen-bond donors (Lipinski definition) is 7. The van der Waals surface area contributed by atoms with E-state index in [-0.39, 0.29) is 43.3 Å². The van der Waals surface area contributed by atoms with Crippen LogP contribution in [0.25, 0.3) is 0 Å². The molecule has 0 aromatic carbocycles. The molecule has 0 bridgehead atoms. The van der Waals surface area contributed by atoms with Gasteiger partial charge in [-0.15, -0.1) is 11.8 Å². The normalized spacial score (nSPS) is 26.2. The van der Waals surface area contributed by atoms with Crippen molar-refractivity contribution >= 4 is 60.0 Å². The summed E-state index contributed by atoms with van der Waals surface area (Å²) < 4.78 is -0.676. The quantitative estimate of drug-likeness (QED) is 0.0847. The fourth-order valence-corrected chi connectivity index (χ4v) is 7.14. The van der Waals surface area contributed by atoms with Crippen molar-refractivity contribution in [2.24, 2.45) is 5.73 Å². The van der Waals surface area contributed by atoms with Gasteiger partial charge in [0.1, 0.15) is 6.04 Å². The fraction of sp³-hybridized carbons (Fsp3) is 0.778. The molecule has 13 heteroatoms. The summed E-state index contributed by atoms with van der Waals surface area (Å²) in [7, 11) is 0. The number of carbonyl (C=O) groups excluding carboxylic acids is 2. The van der Waals surface area contributed by atoms with E-state index in [2.05, 4.69) is 28.6 Å². The van der Waals surface area contributed by atoms with E-state index in [4.69, 9.17) is 10.8 Å². The molecule has 2 fully saturated rings. The van der Waals surface area contributed by atoms with Gasteiger partial charge >= 0.3 is 18.0 Å². The summed E-state index contributed by atoms with van der Waals surface area (Å²) >= 11 is 6.96. The number of fused-ring (bicyclic) bond motifs is 1. The van der Waals surface area contributed by atoms with Crippen molar-refractivity contribution in [3.8, 4) is 0 Å². The summed E-state index contributed by atoms with van der Waals surface area (Å²) in [4.78, 5) is 45.1. The van der Waals surface area contributed by atoms with Crippen LogP contribution in [0.15, 0.2) is 0 Å². The number of carboxylic acid groups (broad SMARTS) is 2. The molecule has 2 heterocycles. The van der Waals surface area contributed by atoms with E-state index in [1.54, 1.807) is 6.92 Å². The van der Waals surface area contributed by atoms with Crippen molar-refractivity contribution in [1.29, 1.82) is 0 Å². The van der Waals surface area contributed by atoms with E-state index in [9.17, 15) is 24.3 Å². The molecule has 176 valence electrons. The first-order valence-electron chi connectivity index (χ1n) is 10.1. The first-order chi connectivity index (χ1) is 14.6. The molecule has 2 rings (SSSR count). The highest BCUT2D eigenvalue weighted by atomic mass is 32.2. The number of nitrogens with two attached hydrogens (primary N) is 1. The first-order valence-corrected chi connectivity index (χ1v) is 12.6. The number of carbonyl (C=O) groups is 4. The molecule has 2 saturated heterocycles. The largest absolute Gasteiger partial charge is 0.480 e. The number of unbranched alkanes of at least 4 members (excludes halogenated alkanes) is 1. The Kier molecular flexibility index (Phi) is 9.65. The van der Waals surface area contributed by atoms with Gasteiger partial charge in [0.15, 0.2) is 4.87 Å². The maximum absolute atomic E-state index is 12.5. The lowest BCUT2D eigenvalue weighted by Crippen LogP contribution is -2.52. The smallest absolute Gasteiger partial charge is 0.340 e. The number of amides is 3. The zero-order valence-corrected chi connectivity index (χ0v) is 19.7. The van der Waals surface area contributed by atoms with Crippen LogP contribution >= 0.6 is 36.2 Å². The van der Waals surface area contributed by atoms with Crippen LogP contribution in [0.5, 0.6) is 0 Å². The van der Waals surface area contributed by atoms with Crippen molar-refractivity contribution in [2.75, 3.05) is 5.75 Å². The van der Waals surface area contributed by atoms with Gasteiger partial charge in [0.2, 0.25) is 5.91 Å². The Balaban J connectivity index is 1.80. The number of thiol groups is 1. The van der Waals surface area contributed by atoms with Crippen molar-refractivity contribution in [3.05, 3.63) is 0 Å². The maximum atomic E-state index is 12.5. The van der Waals surface area contributed by atoms with E-state index in [0.29, 0.717) is 11.7 Å². The molecule has 31 heavy (non-hydrogen) atoms. The molecule has 0 spiro atoms. The highest BCUT2D eigenvalue weighted by Crippen LogP contribution is 2.35. The second-order valence-electron chi connectivity index (χ2n) is 7.65. The molecule has 3 unspecified atom stereocenters. The van der Waals surface area contributed by atoms with Crippen LogP contribution in [0.4, 0.5) is 4.79 Å². The lowest BCUT2D eigenvalue weighted by Gasteiger charge is -2.31. The summed E-state index contributed by atoms with van der Waals surface area (Å²) in [6, 6.07) is -1.02. The summed E-state index contributed by atoms with van der Waals surface area (Å²) in [6.07, 6.45) is 2.48. The van der Waals surface area contributed by atoms with Crippen LogP contribution in [0.3, 0.4) is 0 Å². The van der Waals surface area contributed by atoms with Crippen LogP contribution in [0.2, 0.25) is 0 Å². The number of carboxylic acids is 2. The van der Waals surface area contributed by atoms with Crippen LogP contribution in [0.1, 0.15) is 45.4 Å². The van der Waals surface area contributed by atoms with Gasteiger partial charge in [-0.25, -0.2) is 9.59 Å². The zero-order chi connectivity index (χ0) is 23.2. The first kappa shape index (κ1) is 25.9.